The lowest BCUT2D eigenvalue weighted by molar-refractivity contribution is 0.100. The van der Waals surface area contributed by atoms with E-state index >= 15 is 0 Å². The monoisotopic (exact) mass is 241 g/mol. The standard InChI is InChI=1S/C13H11N3O2/c1-7-6-10(17)16-9-5-3-2-4-8(9)15-13(16)11(7)12(14)18/h2-6,15H,1H3,(H2,14,18). The Labute approximate surface area is 102 Å². The number of carbonyl (C=O) groups excluding carboxylic acids is 1. The lowest BCUT2D eigenvalue weighted by atomic mass is 10.1. The number of nitrogens with zero attached hydrogens (tertiary/aromatic N) is 1. The second-order valence-corrected chi connectivity index (χ2v) is 4.23. The normalized spacial score (nSPS) is 11.2. The molecule has 1 aromatic carbocycles. The Morgan fingerprint density at radius 1 is 1.33 bits per heavy atom. The van der Waals surface area contributed by atoms with E-state index in [2.05, 4.69) is 4.98 Å². The molecule has 0 aliphatic heterocycles. The van der Waals surface area contributed by atoms with Crippen molar-refractivity contribution in [2.45, 2.75) is 6.92 Å². The molecule has 1 amide bonds. The first-order chi connectivity index (χ1) is 8.59. The van der Waals surface area contributed by atoms with Crippen LogP contribution >= 0.6 is 0 Å². The van der Waals surface area contributed by atoms with Gasteiger partial charge in [0.15, 0.2) is 0 Å². The maximum Gasteiger partial charge on any atom is 0.257 e. The van der Waals surface area contributed by atoms with Gasteiger partial charge in [-0.15, -0.1) is 0 Å². The minimum Gasteiger partial charge on any atom is -0.365 e. The highest BCUT2D eigenvalue weighted by Gasteiger charge is 2.15. The quantitative estimate of drug-likeness (QED) is 0.671. The number of H-pyrrole nitrogens is 1. The number of imidazole rings is 1. The van der Waals surface area contributed by atoms with Crippen molar-refractivity contribution in [3.8, 4) is 0 Å². The van der Waals surface area contributed by atoms with E-state index < -0.39 is 5.91 Å². The summed E-state index contributed by atoms with van der Waals surface area (Å²) in [5.41, 5.74) is 8.12. The maximum absolute atomic E-state index is 12.0. The smallest absolute Gasteiger partial charge is 0.257 e. The van der Waals surface area contributed by atoms with Crippen molar-refractivity contribution in [1.29, 1.82) is 0 Å². The molecule has 0 spiro atoms. The molecule has 0 bridgehead atoms. The van der Waals surface area contributed by atoms with E-state index in [1.54, 1.807) is 6.92 Å². The molecule has 0 unspecified atom stereocenters. The molecule has 0 aliphatic rings. The number of amides is 1. The molecule has 3 aromatic rings. The van der Waals surface area contributed by atoms with Crippen molar-refractivity contribution >= 4 is 22.6 Å². The first kappa shape index (κ1) is 10.6. The van der Waals surface area contributed by atoms with E-state index in [1.807, 2.05) is 24.3 Å². The van der Waals surface area contributed by atoms with Crippen LogP contribution in [0.5, 0.6) is 0 Å². The Kier molecular flexibility index (Phi) is 2.04. The number of hydrogen-bond donors (Lipinski definition) is 2. The van der Waals surface area contributed by atoms with Crippen molar-refractivity contribution in [3.63, 3.8) is 0 Å². The Morgan fingerprint density at radius 2 is 2.06 bits per heavy atom. The number of nitrogens with one attached hydrogen (secondary N) is 1. The number of aromatic amines is 1. The number of aromatic nitrogens is 2. The minimum absolute atomic E-state index is 0.176. The molecule has 3 N–H and O–H groups in total. The Hall–Kier alpha value is -2.56. The fraction of sp³-hybridized carbons (Fsp3) is 0.0769. The van der Waals surface area contributed by atoms with Crippen molar-refractivity contribution in [2.24, 2.45) is 5.73 Å². The molecule has 0 aliphatic carbocycles. The van der Waals surface area contributed by atoms with Crippen LogP contribution in [0.15, 0.2) is 35.1 Å². The molecule has 5 nitrogen and oxygen atoms in total. The molecule has 0 saturated heterocycles. The Bertz CT molecular complexity index is 842. The number of benzene rings is 1. The number of carbonyl (C=O) groups is 1. The highest BCUT2D eigenvalue weighted by Crippen LogP contribution is 2.18. The third-order valence-corrected chi connectivity index (χ3v) is 3.06. The molecule has 0 atom stereocenters. The van der Waals surface area contributed by atoms with E-state index in [1.165, 1.54) is 10.5 Å². The number of fused-ring (bicyclic) bond motifs is 3. The van der Waals surface area contributed by atoms with Crippen LogP contribution in [-0.2, 0) is 0 Å². The van der Waals surface area contributed by atoms with Crippen LogP contribution in [0.4, 0.5) is 0 Å². The third-order valence-electron chi connectivity index (χ3n) is 3.06. The number of aryl methyl sites for hydroxylation is 1. The molecular formula is C13H11N3O2. The highest BCUT2D eigenvalue weighted by molar-refractivity contribution is 6.01. The first-order valence-corrected chi connectivity index (χ1v) is 5.52. The number of rotatable bonds is 1. The molecular weight excluding hydrogens is 230 g/mol. The molecule has 0 fully saturated rings. The van der Waals surface area contributed by atoms with Crippen molar-refractivity contribution in [3.05, 3.63) is 51.8 Å². The Balaban J connectivity index is 2.66. The van der Waals surface area contributed by atoms with Crippen molar-refractivity contribution < 1.29 is 4.79 Å². The number of nitrogens with two attached hydrogens (primary N) is 1. The summed E-state index contributed by atoms with van der Waals surface area (Å²) in [5, 5.41) is 0. The largest absolute Gasteiger partial charge is 0.365 e. The zero-order chi connectivity index (χ0) is 12.9. The SMILES string of the molecule is Cc1cc(=O)n2c([nH]c3ccccc32)c1C(N)=O. The number of hydrogen-bond acceptors (Lipinski definition) is 2. The van der Waals surface area contributed by atoms with Gasteiger partial charge in [-0.1, -0.05) is 12.1 Å². The maximum atomic E-state index is 12.0. The van der Waals surface area contributed by atoms with Gasteiger partial charge in [-0.3, -0.25) is 14.0 Å². The summed E-state index contributed by atoms with van der Waals surface area (Å²) in [7, 11) is 0. The van der Waals surface area contributed by atoms with E-state index in [4.69, 9.17) is 5.73 Å². The van der Waals surface area contributed by atoms with Crippen LogP contribution < -0.4 is 11.3 Å². The molecule has 0 radical (unpaired) electrons. The third kappa shape index (κ3) is 1.27. The van der Waals surface area contributed by atoms with E-state index in [0.29, 0.717) is 16.8 Å². The average Bonchev–Trinajstić information content (AvgIpc) is 2.66. The highest BCUT2D eigenvalue weighted by atomic mass is 16.1. The molecule has 5 heteroatoms. The van der Waals surface area contributed by atoms with E-state index in [9.17, 15) is 9.59 Å². The Morgan fingerprint density at radius 3 is 2.78 bits per heavy atom. The molecule has 0 saturated carbocycles. The average molecular weight is 241 g/mol. The molecule has 2 aromatic heterocycles. The lowest BCUT2D eigenvalue weighted by Crippen LogP contribution is -2.20. The summed E-state index contributed by atoms with van der Waals surface area (Å²) < 4.78 is 1.47. The van der Waals surface area contributed by atoms with Crippen LogP contribution in [0.25, 0.3) is 16.7 Å². The summed E-state index contributed by atoms with van der Waals surface area (Å²) >= 11 is 0. The van der Waals surface area contributed by atoms with Gasteiger partial charge < -0.3 is 10.7 Å². The van der Waals surface area contributed by atoms with Gasteiger partial charge in [-0.2, -0.15) is 0 Å². The summed E-state index contributed by atoms with van der Waals surface area (Å²) in [5.74, 6) is -0.545. The van der Waals surface area contributed by atoms with Crippen LogP contribution in [0.2, 0.25) is 0 Å². The number of pyridine rings is 1. The first-order valence-electron chi connectivity index (χ1n) is 5.52. The minimum atomic E-state index is -0.545. The van der Waals surface area contributed by atoms with Gasteiger partial charge in [0.2, 0.25) is 0 Å². The molecule has 18 heavy (non-hydrogen) atoms. The summed E-state index contributed by atoms with van der Waals surface area (Å²) in [6.45, 7) is 1.70. The van der Waals surface area contributed by atoms with Gasteiger partial charge >= 0.3 is 0 Å². The van der Waals surface area contributed by atoms with Crippen LogP contribution in [-0.4, -0.2) is 15.3 Å². The number of primary amides is 1. The van der Waals surface area contributed by atoms with Crippen molar-refractivity contribution in [1.82, 2.24) is 9.38 Å². The van der Waals surface area contributed by atoms with E-state index in [-0.39, 0.29) is 5.56 Å². The van der Waals surface area contributed by atoms with Crippen LogP contribution in [0.3, 0.4) is 0 Å². The van der Waals surface area contributed by atoms with E-state index in [0.717, 1.165) is 11.0 Å². The van der Waals surface area contributed by atoms with Crippen LogP contribution in [0, 0.1) is 6.92 Å². The molecule has 90 valence electrons. The van der Waals surface area contributed by atoms with Gasteiger partial charge in [-0.25, -0.2) is 0 Å². The fourth-order valence-electron chi connectivity index (χ4n) is 2.30. The molecule has 3 rings (SSSR count). The zero-order valence-corrected chi connectivity index (χ0v) is 9.73. The predicted octanol–water partition coefficient (Wildman–Crippen LogP) is 1.19. The second kappa shape index (κ2) is 3.46. The topological polar surface area (TPSA) is 80.4 Å². The zero-order valence-electron chi connectivity index (χ0n) is 9.73. The van der Waals surface area contributed by atoms with Crippen LogP contribution in [0.1, 0.15) is 15.9 Å². The summed E-state index contributed by atoms with van der Waals surface area (Å²) in [6, 6.07) is 8.79. The van der Waals surface area contributed by atoms with Gasteiger partial charge in [0.1, 0.15) is 5.65 Å². The second-order valence-electron chi connectivity index (χ2n) is 4.23. The van der Waals surface area contributed by atoms with Gasteiger partial charge in [0.25, 0.3) is 11.5 Å². The van der Waals surface area contributed by atoms with Gasteiger partial charge in [0, 0.05) is 6.07 Å². The van der Waals surface area contributed by atoms with Gasteiger partial charge in [0.05, 0.1) is 16.6 Å². The summed E-state index contributed by atoms with van der Waals surface area (Å²) in [4.78, 5) is 26.6. The fourth-order valence-corrected chi connectivity index (χ4v) is 2.30. The lowest BCUT2D eigenvalue weighted by Gasteiger charge is -2.03. The summed E-state index contributed by atoms with van der Waals surface area (Å²) in [6.07, 6.45) is 0. The number of para-hydroxylation sites is 2. The van der Waals surface area contributed by atoms with Gasteiger partial charge in [-0.05, 0) is 24.6 Å². The molecule has 2 heterocycles. The predicted molar refractivity (Wildman–Crippen MR) is 68.8 cm³/mol. The van der Waals surface area contributed by atoms with Crippen molar-refractivity contribution in [2.75, 3.05) is 0 Å².